The zero-order valence-corrected chi connectivity index (χ0v) is 13.5. The number of nitrogens with one attached hydrogen (secondary N) is 2. The van der Waals surface area contributed by atoms with Crippen molar-refractivity contribution in [3.8, 4) is 0 Å². The van der Waals surface area contributed by atoms with Crippen molar-refractivity contribution in [2.24, 2.45) is 16.8 Å². The normalized spacial score (nSPS) is 30.2. The average Bonchev–Trinajstić information content (AvgIpc) is 2.47. The SMILES string of the molecule is CN=C(NCC1CCN(C)CC1)NC1CCC(C)CC1. The first-order valence-electron chi connectivity index (χ1n) is 8.33. The van der Waals surface area contributed by atoms with Crippen LogP contribution in [-0.2, 0) is 0 Å². The second kappa shape index (κ2) is 7.87. The van der Waals surface area contributed by atoms with E-state index in [1.165, 1.54) is 51.6 Å². The number of hydrogen-bond donors (Lipinski definition) is 2. The van der Waals surface area contributed by atoms with E-state index in [2.05, 4.69) is 34.5 Å². The van der Waals surface area contributed by atoms with Crippen molar-refractivity contribution in [1.29, 1.82) is 0 Å². The molecule has 20 heavy (non-hydrogen) atoms. The number of rotatable bonds is 3. The van der Waals surface area contributed by atoms with Crippen LogP contribution < -0.4 is 10.6 Å². The molecule has 2 N–H and O–H groups in total. The van der Waals surface area contributed by atoms with E-state index in [0.29, 0.717) is 6.04 Å². The van der Waals surface area contributed by atoms with Crippen LogP contribution in [0.2, 0.25) is 0 Å². The molecule has 2 aliphatic rings. The smallest absolute Gasteiger partial charge is 0.191 e. The summed E-state index contributed by atoms with van der Waals surface area (Å²) in [6.07, 6.45) is 7.89. The molecule has 4 heteroatoms. The minimum absolute atomic E-state index is 0.620. The fourth-order valence-electron chi connectivity index (χ4n) is 3.30. The number of guanidine groups is 1. The molecule has 0 spiro atoms. The van der Waals surface area contributed by atoms with E-state index in [0.717, 1.165) is 24.3 Å². The molecule has 2 fully saturated rings. The highest BCUT2D eigenvalue weighted by Crippen LogP contribution is 2.23. The first kappa shape index (κ1) is 15.6. The van der Waals surface area contributed by atoms with Crippen LogP contribution in [-0.4, -0.2) is 50.6 Å². The molecule has 0 amide bonds. The summed E-state index contributed by atoms with van der Waals surface area (Å²) in [6, 6.07) is 0.620. The maximum atomic E-state index is 4.38. The molecular weight excluding hydrogens is 248 g/mol. The molecule has 0 radical (unpaired) electrons. The third kappa shape index (κ3) is 4.97. The Labute approximate surface area is 124 Å². The molecule has 0 aromatic rings. The van der Waals surface area contributed by atoms with Crippen LogP contribution in [0, 0.1) is 11.8 Å². The maximum Gasteiger partial charge on any atom is 0.191 e. The first-order valence-corrected chi connectivity index (χ1v) is 8.33. The van der Waals surface area contributed by atoms with Crippen molar-refractivity contribution in [2.45, 2.75) is 51.5 Å². The molecule has 0 aromatic carbocycles. The molecule has 116 valence electrons. The van der Waals surface area contributed by atoms with Gasteiger partial charge in [0.25, 0.3) is 0 Å². The van der Waals surface area contributed by atoms with Gasteiger partial charge in [-0.05, 0) is 70.5 Å². The standard InChI is InChI=1S/C16H32N4/c1-13-4-6-15(7-5-13)19-16(17-2)18-12-14-8-10-20(3)11-9-14/h13-15H,4-12H2,1-3H3,(H2,17,18,19). The molecule has 0 aromatic heterocycles. The van der Waals surface area contributed by atoms with E-state index in [9.17, 15) is 0 Å². The van der Waals surface area contributed by atoms with Crippen LogP contribution in [0.1, 0.15) is 45.4 Å². The highest BCUT2D eigenvalue weighted by Gasteiger charge is 2.20. The third-order valence-electron chi connectivity index (χ3n) is 4.98. The number of hydrogen-bond acceptors (Lipinski definition) is 2. The minimum atomic E-state index is 0.620. The van der Waals surface area contributed by atoms with E-state index >= 15 is 0 Å². The second-order valence-corrected chi connectivity index (χ2v) is 6.80. The first-order chi connectivity index (χ1) is 9.67. The summed E-state index contributed by atoms with van der Waals surface area (Å²) >= 11 is 0. The summed E-state index contributed by atoms with van der Waals surface area (Å²) in [5, 5.41) is 7.14. The summed E-state index contributed by atoms with van der Waals surface area (Å²) in [4.78, 5) is 6.81. The molecule has 0 bridgehead atoms. The van der Waals surface area contributed by atoms with Gasteiger partial charge in [0.15, 0.2) is 5.96 Å². The van der Waals surface area contributed by atoms with Crippen molar-refractivity contribution in [3.63, 3.8) is 0 Å². The highest BCUT2D eigenvalue weighted by atomic mass is 15.2. The van der Waals surface area contributed by atoms with Gasteiger partial charge in [0.05, 0.1) is 0 Å². The Morgan fingerprint density at radius 2 is 1.75 bits per heavy atom. The van der Waals surface area contributed by atoms with Crippen LogP contribution in [0.5, 0.6) is 0 Å². The zero-order valence-electron chi connectivity index (χ0n) is 13.5. The molecule has 1 heterocycles. The lowest BCUT2D eigenvalue weighted by Gasteiger charge is -2.31. The predicted octanol–water partition coefficient (Wildman–Crippen LogP) is 2.07. The molecule has 4 nitrogen and oxygen atoms in total. The fourth-order valence-corrected chi connectivity index (χ4v) is 3.30. The van der Waals surface area contributed by atoms with Crippen molar-refractivity contribution in [3.05, 3.63) is 0 Å². The van der Waals surface area contributed by atoms with Gasteiger partial charge < -0.3 is 15.5 Å². The average molecular weight is 280 g/mol. The van der Waals surface area contributed by atoms with Crippen molar-refractivity contribution in [2.75, 3.05) is 33.7 Å². The van der Waals surface area contributed by atoms with Crippen molar-refractivity contribution < 1.29 is 0 Å². The highest BCUT2D eigenvalue weighted by molar-refractivity contribution is 5.79. The molecule has 1 saturated carbocycles. The topological polar surface area (TPSA) is 39.7 Å². The fraction of sp³-hybridized carbons (Fsp3) is 0.938. The molecule has 1 aliphatic carbocycles. The Morgan fingerprint density at radius 3 is 2.35 bits per heavy atom. The van der Waals surface area contributed by atoms with E-state index in [-0.39, 0.29) is 0 Å². The summed E-state index contributed by atoms with van der Waals surface area (Å²) in [7, 11) is 4.10. The second-order valence-electron chi connectivity index (χ2n) is 6.80. The minimum Gasteiger partial charge on any atom is -0.356 e. The van der Waals surface area contributed by atoms with Crippen molar-refractivity contribution in [1.82, 2.24) is 15.5 Å². The number of nitrogens with zero attached hydrogens (tertiary/aromatic N) is 2. The van der Waals surface area contributed by atoms with E-state index in [1.807, 2.05) is 7.05 Å². The van der Waals surface area contributed by atoms with Gasteiger partial charge in [-0.1, -0.05) is 6.92 Å². The van der Waals surface area contributed by atoms with Gasteiger partial charge in [-0.3, -0.25) is 4.99 Å². The predicted molar refractivity (Wildman–Crippen MR) is 86.1 cm³/mol. The Kier molecular flexibility index (Phi) is 6.14. The van der Waals surface area contributed by atoms with Crippen molar-refractivity contribution >= 4 is 5.96 Å². The van der Waals surface area contributed by atoms with Gasteiger partial charge in [-0.2, -0.15) is 0 Å². The third-order valence-corrected chi connectivity index (χ3v) is 4.98. The molecule has 0 unspecified atom stereocenters. The summed E-state index contributed by atoms with van der Waals surface area (Å²) in [6.45, 7) is 5.90. The van der Waals surface area contributed by atoms with Gasteiger partial charge in [0.2, 0.25) is 0 Å². The van der Waals surface area contributed by atoms with Gasteiger partial charge in [0, 0.05) is 19.6 Å². The Balaban J connectivity index is 1.67. The van der Waals surface area contributed by atoms with Crippen LogP contribution in [0.25, 0.3) is 0 Å². The van der Waals surface area contributed by atoms with E-state index < -0.39 is 0 Å². The monoisotopic (exact) mass is 280 g/mol. The lowest BCUT2D eigenvalue weighted by atomic mass is 9.87. The molecule has 1 saturated heterocycles. The molecular formula is C16H32N4. The number of piperidine rings is 1. The summed E-state index contributed by atoms with van der Waals surface area (Å²) < 4.78 is 0. The lowest BCUT2D eigenvalue weighted by Crippen LogP contribution is -2.46. The Morgan fingerprint density at radius 1 is 1.10 bits per heavy atom. The maximum absolute atomic E-state index is 4.38. The largest absolute Gasteiger partial charge is 0.356 e. The van der Waals surface area contributed by atoms with Crippen LogP contribution in [0.3, 0.4) is 0 Å². The summed E-state index contributed by atoms with van der Waals surface area (Å²) in [5.74, 6) is 2.71. The lowest BCUT2D eigenvalue weighted by molar-refractivity contribution is 0.220. The van der Waals surface area contributed by atoms with Gasteiger partial charge in [0.1, 0.15) is 0 Å². The van der Waals surface area contributed by atoms with Crippen LogP contribution in [0.15, 0.2) is 4.99 Å². The van der Waals surface area contributed by atoms with Crippen LogP contribution in [0.4, 0.5) is 0 Å². The Bertz CT molecular complexity index is 300. The zero-order chi connectivity index (χ0) is 14.4. The quantitative estimate of drug-likeness (QED) is 0.614. The number of aliphatic imine (C=N–C) groups is 1. The van der Waals surface area contributed by atoms with Gasteiger partial charge in [-0.25, -0.2) is 0 Å². The van der Waals surface area contributed by atoms with E-state index in [1.54, 1.807) is 0 Å². The molecule has 2 rings (SSSR count). The van der Waals surface area contributed by atoms with E-state index in [4.69, 9.17) is 0 Å². The molecule has 1 aliphatic heterocycles. The van der Waals surface area contributed by atoms with Crippen LogP contribution >= 0.6 is 0 Å². The molecule has 0 atom stereocenters. The Hall–Kier alpha value is -0.770. The van der Waals surface area contributed by atoms with Gasteiger partial charge >= 0.3 is 0 Å². The number of likely N-dealkylation sites (tertiary alicyclic amines) is 1. The summed E-state index contributed by atoms with van der Waals surface area (Å²) in [5.41, 5.74) is 0. The van der Waals surface area contributed by atoms with Gasteiger partial charge in [-0.15, -0.1) is 0 Å².